The molecule has 0 aliphatic rings. The van der Waals surface area contributed by atoms with Gasteiger partial charge in [0, 0.05) is 23.2 Å². The molecule has 0 aliphatic heterocycles. The van der Waals surface area contributed by atoms with Gasteiger partial charge >= 0.3 is 5.97 Å². The van der Waals surface area contributed by atoms with E-state index in [0.29, 0.717) is 16.6 Å². The first-order valence-electron chi connectivity index (χ1n) is 8.39. The number of pyridine rings is 1. The molecule has 2 N–H and O–H groups in total. The number of carbonyl (C=O) groups excluding carboxylic acids is 2. The number of aromatic amines is 1. The number of carbonyl (C=O) groups is 2. The number of benzene rings is 1. The second kappa shape index (κ2) is 7.06. The zero-order chi connectivity index (χ0) is 19.6. The van der Waals surface area contributed by atoms with Crippen molar-refractivity contribution >= 4 is 28.5 Å². The summed E-state index contributed by atoms with van der Waals surface area (Å²) in [6.45, 7) is 5.28. The van der Waals surface area contributed by atoms with Crippen molar-refractivity contribution in [3.05, 3.63) is 58.6 Å². The van der Waals surface area contributed by atoms with Crippen LogP contribution in [0.4, 0.5) is 5.69 Å². The van der Waals surface area contributed by atoms with Gasteiger partial charge in [-0.15, -0.1) is 0 Å². The molecule has 27 heavy (non-hydrogen) atoms. The minimum Gasteiger partial charge on any atom is -0.459 e. The van der Waals surface area contributed by atoms with Crippen LogP contribution >= 0.6 is 0 Å². The molecule has 140 valence electrons. The van der Waals surface area contributed by atoms with Gasteiger partial charge < -0.3 is 15.0 Å². The summed E-state index contributed by atoms with van der Waals surface area (Å²) >= 11 is 0. The number of hydrogen-bond donors (Lipinski definition) is 2. The van der Waals surface area contributed by atoms with Crippen molar-refractivity contribution in [2.45, 2.75) is 32.9 Å². The normalized spacial score (nSPS) is 11.4. The zero-order valence-electron chi connectivity index (χ0n) is 15.3. The number of ether oxygens (including phenoxy) is 1. The number of nitrogens with one attached hydrogen (secondary N) is 2. The molecular weight excluding hydrogens is 348 g/mol. The van der Waals surface area contributed by atoms with Crippen LogP contribution in [0.25, 0.3) is 10.9 Å². The number of amides is 1. The van der Waals surface area contributed by atoms with E-state index in [4.69, 9.17) is 4.74 Å². The highest BCUT2D eigenvalue weighted by molar-refractivity contribution is 6.12. The van der Waals surface area contributed by atoms with E-state index in [1.165, 1.54) is 23.1 Å². The number of hydrogen-bond acceptors (Lipinski definition) is 5. The van der Waals surface area contributed by atoms with E-state index >= 15 is 0 Å². The third-order valence-electron chi connectivity index (χ3n) is 3.60. The Morgan fingerprint density at radius 2 is 2.00 bits per heavy atom. The molecule has 0 fully saturated rings. The molecule has 8 heteroatoms. The lowest BCUT2D eigenvalue weighted by atomic mass is 10.1. The van der Waals surface area contributed by atoms with E-state index in [1.54, 1.807) is 45.0 Å². The maximum absolute atomic E-state index is 12.6. The number of para-hydroxylation sites is 1. The Morgan fingerprint density at radius 1 is 1.26 bits per heavy atom. The number of esters is 1. The lowest BCUT2D eigenvalue weighted by molar-refractivity contribution is -0.155. The lowest BCUT2D eigenvalue weighted by Gasteiger charge is -2.19. The summed E-state index contributed by atoms with van der Waals surface area (Å²) in [5.74, 6) is -0.863. The predicted octanol–water partition coefficient (Wildman–Crippen LogP) is 2.32. The van der Waals surface area contributed by atoms with E-state index in [1.807, 2.05) is 0 Å². The van der Waals surface area contributed by atoms with Crippen LogP contribution in [-0.4, -0.2) is 32.2 Å². The van der Waals surface area contributed by atoms with Crippen molar-refractivity contribution in [1.29, 1.82) is 0 Å². The molecule has 0 unspecified atom stereocenters. The average molecular weight is 368 g/mol. The first kappa shape index (κ1) is 18.4. The van der Waals surface area contributed by atoms with Gasteiger partial charge in [0.1, 0.15) is 12.1 Å². The summed E-state index contributed by atoms with van der Waals surface area (Å²) in [6.07, 6.45) is 2.95. The van der Waals surface area contributed by atoms with Gasteiger partial charge in [0.25, 0.3) is 5.91 Å². The Hall–Kier alpha value is -3.42. The molecule has 0 aliphatic carbocycles. The third-order valence-corrected chi connectivity index (χ3v) is 3.60. The van der Waals surface area contributed by atoms with Gasteiger partial charge in [0.2, 0.25) is 5.56 Å². The topological polar surface area (TPSA) is 106 Å². The minimum absolute atomic E-state index is 0.0684. The van der Waals surface area contributed by atoms with Crippen LogP contribution in [0.1, 0.15) is 31.1 Å². The molecule has 0 saturated heterocycles. The summed E-state index contributed by atoms with van der Waals surface area (Å²) < 4.78 is 6.61. The quantitative estimate of drug-likeness (QED) is 0.688. The van der Waals surface area contributed by atoms with Crippen molar-refractivity contribution in [2.75, 3.05) is 5.32 Å². The minimum atomic E-state index is -0.581. The van der Waals surface area contributed by atoms with Gasteiger partial charge in [-0.2, -0.15) is 5.10 Å². The number of H-pyrrole nitrogens is 1. The van der Waals surface area contributed by atoms with Gasteiger partial charge in [-0.1, -0.05) is 18.2 Å². The Labute approximate surface area is 155 Å². The van der Waals surface area contributed by atoms with Crippen LogP contribution in [0.3, 0.4) is 0 Å². The van der Waals surface area contributed by atoms with Crippen molar-refractivity contribution < 1.29 is 14.3 Å². The molecular formula is C19H20N4O4. The van der Waals surface area contributed by atoms with Gasteiger partial charge in [-0.05, 0) is 26.8 Å². The molecule has 0 spiro atoms. The standard InChI is InChI=1S/C19H20N4O4/c1-19(2,3)27-17(25)11-23-10-12(9-20-23)21-18(26)14-8-16(24)22-15-7-5-4-6-13(14)15/h4-10H,11H2,1-3H3,(H,21,26)(H,22,24). The van der Waals surface area contributed by atoms with Crippen molar-refractivity contribution in [2.24, 2.45) is 0 Å². The molecule has 2 heterocycles. The molecule has 3 aromatic rings. The second-order valence-electron chi connectivity index (χ2n) is 7.06. The van der Waals surface area contributed by atoms with E-state index in [9.17, 15) is 14.4 Å². The monoisotopic (exact) mass is 368 g/mol. The van der Waals surface area contributed by atoms with Gasteiger partial charge in [-0.25, -0.2) is 0 Å². The van der Waals surface area contributed by atoms with Crippen molar-refractivity contribution in [3.8, 4) is 0 Å². The maximum atomic E-state index is 12.6. The number of anilines is 1. The van der Waals surface area contributed by atoms with E-state index in [0.717, 1.165) is 0 Å². The largest absolute Gasteiger partial charge is 0.459 e. The van der Waals surface area contributed by atoms with Crippen molar-refractivity contribution in [1.82, 2.24) is 14.8 Å². The fourth-order valence-electron chi connectivity index (χ4n) is 2.61. The number of rotatable bonds is 4. The second-order valence-corrected chi connectivity index (χ2v) is 7.06. The number of fused-ring (bicyclic) bond motifs is 1. The Balaban J connectivity index is 1.75. The van der Waals surface area contributed by atoms with Gasteiger partial charge in [-0.3, -0.25) is 19.1 Å². The van der Waals surface area contributed by atoms with Crippen LogP contribution in [0.5, 0.6) is 0 Å². The molecule has 1 aromatic carbocycles. The Bertz CT molecular complexity index is 1060. The smallest absolute Gasteiger partial charge is 0.328 e. The molecule has 0 saturated carbocycles. The van der Waals surface area contributed by atoms with Crippen LogP contribution < -0.4 is 10.9 Å². The summed E-state index contributed by atoms with van der Waals surface area (Å²) in [7, 11) is 0. The molecule has 0 radical (unpaired) electrons. The number of nitrogens with zero attached hydrogens (tertiary/aromatic N) is 2. The molecule has 0 atom stereocenters. The van der Waals surface area contributed by atoms with Crippen LogP contribution in [0, 0.1) is 0 Å². The molecule has 8 nitrogen and oxygen atoms in total. The zero-order valence-corrected chi connectivity index (χ0v) is 15.3. The molecule has 2 aromatic heterocycles. The first-order valence-corrected chi connectivity index (χ1v) is 8.39. The Morgan fingerprint density at radius 3 is 2.74 bits per heavy atom. The van der Waals surface area contributed by atoms with E-state index in [-0.39, 0.29) is 17.7 Å². The van der Waals surface area contributed by atoms with Crippen LogP contribution in [0.15, 0.2) is 47.5 Å². The summed E-state index contributed by atoms with van der Waals surface area (Å²) in [4.78, 5) is 39.0. The highest BCUT2D eigenvalue weighted by Crippen LogP contribution is 2.16. The number of aromatic nitrogens is 3. The van der Waals surface area contributed by atoms with Crippen LogP contribution in [-0.2, 0) is 16.1 Å². The summed E-state index contributed by atoms with van der Waals surface area (Å²) in [6, 6.07) is 8.30. The lowest BCUT2D eigenvalue weighted by Crippen LogP contribution is -2.26. The van der Waals surface area contributed by atoms with Gasteiger partial charge in [0.05, 0.1) is 17.4 Å². The summed E-state index contributed by atoms with van der Waals surface area (Å²) in [5, 5.41) is 7.37. The highest BCUT2D eigenvalue weighted by atomic mass is 16.6. The van der Waals surface area contributed by atoms with E-state index < -0.39 is 17.5 Å². The molecule has 3 rings (SSSR count). The fourth-order valence-corrected chi connectivity index (χ4v) is 2.61. The predicted molar refractivity (Wildman–Crippen MR) is 101 cm³/mol. The molecule has 0 bridgehead atoms. The SMILES string of the molecule is CC(C)(C)OC(=O)Cn1cc(NC(=O)c2cc(=O)[nH]c3ccccc23)cn1. The Kier molecular flexibility index (Phi) is 4.81. The first-order chi connectivity index (χ1) is 12.7. The maximum Gasteiger partial charge on any atom is 0.328 e. The fraction of sp³-hybridized carbons (Fsp3) is 0.263. The highest BCUT2D eigenvalue weighted by Gasteiger charge is 2.17. The van der Waals surface area contributed by atoms with E-state index in [2.05, 4.69) is 15.4 Å². The van der Waals surface area contributed by atoms with Crippen molar-refractivity contribution in [3.63, 3.8) is 0 Å². The third kappa shape index (κ3) is 4.60. The average Bonchev–Trinajstić information content (AvgIpc) is 2.98. The summed E-state index contributed by atoms with van der Waals surface area (Å²) in [5.41, 5.74) is 0.306. The molecule has 1 amide bonds. The van der Waals surface area contributed by atoms with Gasteiger partial charge in [0.15, 0.2) is 0 Å². The van der Waals surface area contributed by atoms with Crippen LogP contribution in [0.2, 0.25) is 0 Å².